The second-order valence-electron chi connectivity index (χ2n) is 6.41. The first-order valence-corrected chi connectivity index (χ1v) is 8.33. The van der Waals surface area contributed by atoms with Crippen LogP contribution in [0.15, 0.2) is 6.07 Å². The zero-order chi connectivity index (χ0) is 15.0. The van der Waals surface area contributed by atoms with Crippen LogP contribution in [-0.2, 0) is 11.2 Å². The van der Waals surface area contributed by atoms with Crippen molar-refractivity contribution in [3.8, 4) is 0 Å². The Labute approximate surface area is 131 Å². The number of carbonyl (C=O) groups is 1. The number of fused-ring (bicyclic) bond motifs is 1. The summed E-state index contributed by atoms with van der Waals surface area (Å²) in [5.74, 6) is 0.609. The molecular formula is C17H23ClN2O. The highest BCUT2D eigenvalue weighted by molar-refractivity contribution is 6.32. The molecule has 3 nitrogen and oxygen atoms in total. The Hall–Kier alpha value is -1.06. The van der Waals surface area contributed by atoms with Crippen molar-refractivity contribution in [2.75, 3.05) is 5.32 Å². The Morgan fingerprint density at radius 3 is 2.71 bits per heavy atom. The molecular weight excluding hydrogens is 284 g/mol. The molecule has 3 rings (SSSR count). The number of hydrogen-bond acceptors (Lipinski definition) is 2. The van der Waals surface area contributed by atoms with Gasteiger partial charge in [-0.3, -0.25) is 4.79 Å². The fraction of sp³-hybridized carbons (Fsp3) is 0.588. The second kappa shape index (κ2) is 5.98. The summed E-state index contributed by atoms with van der Waals surface area (Å²) < 4.78 is 0. The maximum Gasteiger partial charge on any atom is 0.224 e. The summed E-state index contributed by atoms with van der Waals surface area (Å²) in [5.41, 5.74) is 10.6. The summed E-state index contributed by atoms with van der Waals surface area (Å²) in [6, 6.07) is 2.14. The van der Waals surface area contributed by atoms with Crippen molar-refractivity contribution in [3.63, 3.8) is 0 Å². The molecule has 0 bridgehead atoms. The van der Waals surface area contributed by atoms with Gasteiger partial charge in [-0.2, -0.15) is 0 Å². The third kappa shape index (κ3) is 2.82. The van der Waals surface area contributed by atoms with Crippen molar-refractivity contribution in [1.29, 1.82) is 0 Å². The highest BCUT2D eigenvalue weighted by atomic mass is 35.5. The zero-order valence-electron chi connectivity index (χ0n) is 12.5. The maximum atomic E-state index is 11.6. The van der Waals surface area contributed by atoms with Crippen LogP contribution in [0.3, 0.4) is 0 Å². The monoisotopic (exact) mass is 306 g/mol. The van der Waals surface area contributed by atoms with Gasteiger partial charge in [0.25, 0.3) is 0 Å². The third-order valence-electron chi connectivity index (χ3n) is 5.01. The number of rotatable bonds is 2. The normalized spacial score (nSPS) is 20.8. The van der Waals surface area contributed by atoms with Gasteiger partial charge in [0.15, 0.2) is 0 Å². The zero-order valence-corrected chi connectivity index (χ0v) is 13.3. The molecule has 1 saturated carbocycles. The van der Waals surface area contributed by atoms with Crippen LogP contribution in [0.25, 0.3) is 0 Å². The van der Waals surface area contributed by atoms with E-state index in [0.717, 1.165) is 28.3 Å². The molecule has 1 fully saturated rings. The first-order valence-electron chi connectivity index (χ1n) is 7.95. The largest absolute Gasteiger partial charge is 0.326 e. The number of benzene rings is 1. The summed E-state index contributed by atoms with van der Waals surface area (Å²) in [6.45, 7) is 1.98. The van der Waals surface area contributed by atoms with Crippen LogP contribution in [-0.4, -0.2) is 5.91 Å². The molecule has 1 atom stereocenters. The third-order valence-corrected chi connectivity index (χ3v) is 5.51. The molecule has 1 unspecified atom stereocenters. The minimum absolute atomic E-state index is 0.0134. The van der Waals surface area contributed by atoms with Crippen LogP contribution in [0.2, 0.25) is 5.02 Å². The number of amides is 1. The van der Waals surface area contributed by atoms with E-state index in [0.29, 0.717) is 12.3 Å². The number of hydrogen-bond donors (Lipinski definition) is 2. The first-order chi connectivity index (χ1) is 10.1. The van der Waals surface area contributed by atoms with Crippen molar-refractivity contribution in [1.82, 2.24) is 0 Å². The van der Waals surface area contributed by atoms with E-state index in [2.05, 4.69) is 11.4 Å². The number of nitrogens with one attached hydrogen (secondary N) is 1. The van der Waals surface area contributed by atoms with Gasteiger partial charge >= 0.3 is 0 Å². The van der Waals surface area contributed by atoms with Crippen molar-refractivity contribution >= 4 is 23.2 Å². The van der Waals surface area contributed by atoms with Crippen molar-refractivity contribution in [3.05, 3.63) is 27.8 Å². The molecule has 114 valence electrons. The maximum absolute atomic E-state index is 11.6. The number of nitrogens with two attached hydrogens (primary N) is 1. The van der Waals surface area contributed by atoms with E-state index >= 15 is 0 Å². The summed E-state index contributed by atoms with van der Waals surface area (Å²) in [7, 11) is 0. The lowest BCUT2D eigenvalue weighted by Crippen LogP contribution is -2.26. The average Bonchev–Trinajstić information content (AvgIpc) is 2.51. The predicted octanol–water partition coefficient (Wildman–Crippen LogP) is 4.11. The SMILES string of the molecule is Cc1c(Cl)c(C(N)C2CCCCC2)cc2c1NC(=O)CC2. The Morgan fingerprint density at radius 2 is 2.00 bits per heavy atom. The molecule has 1 aromatic rings. The summed E-state index contributed by atoms with van der Waals surface area (Å²) in [4.78, 5) is 11.6. The van der Waals surface area contributed by atoms with Gasteiger partial charge < -0.3 is 11.1 Å². The Balaban J connectivity index is 1.95. The smallest absolute Gasteiger partial charge is 0.224 e. The molecule has 3 N–H and O–H groups in total. The molecule has 1 aliphatic carbocycles. The van der Waals surface area contributed by atoms with Crippen LogP contribution in [0.4, 0.5) is 5.69 Å². The van der Waals surface area contributed by atoms with Crippen LogP contribution in [0.1, 0.15) is 61.3 Å². The van der Waals surface area contributed by atoms with Crippen LogP contribution in [0, 0.1) is 12.8 Å². The Kier molecular flexibility index (Phi) is 4.23. The molecule has 1 amide bonds. The summed E-state index contributed by atoms with van der Waals surface area (Å²) in [6.07, 6.45) is 7.60. The van der Waals surface area contributed by atoms with Gasteiger partial charge in [0, 0.05) is 18.2 Å². The van der Waals surface area contributed by atoms with Crippen molar-refractivity contribution in [2.45, 2.75) is 57.9 Å². The van der Waals surface area contributed by atoms with E-state index in [9.17, 15) is 4.79 Å². The van der Waals surface area contributed by atoms with E-state index < -0.39 is 0 Å². The standard InChI is InChI=1S/C17H23ClN2O/c1-10-15(18)13(16(19)11-5-3-2-4-6-11)9-12-7-8-14(21)20-17(10)12/h9,11,16H,2-8,19H2,1H3,(H,20,21). The number of aryl methyl sites for hydroxylation is 1. The predicted molar refractivity (Wildman–Crippen MR) is 86.6 cm³/mol. The minimum atomic E-state index is 0.0134. The van der Waals surface area contributed by atoms with E-state index in [4.69, 9.17) is 17.3 Å². The Bertz CT molecular complexity index is 564. The molecule has 2 aliphatic rings. The van der Waals surface area contributed by atoms with Crippen molar-refractivity contribution in [2.24, 2.45) is 11.7 Å². The van der Waals surface area contributed by atoms with Crippen LogP contribution in [0.5, 0.6) is 0 Å². The van der Waals surface area contributed by atoms with Crippen LogP contribution >= 0.6 is 11.6 Å². The van der Waals surface area contributed by atoms with Gasteiger partial charge in [0.1, 0.15) is 0 Å². The molecule has 1 aliphatic heterocycles. The number of halogens is 1. The molecule has 0 radical (unpaired) electrons. The average molecular weight is 307 g/mol. The fourth-order valence-corrected chi connectivity index (χ4v) is 3.98. The summed E-state index contributed by atoms with van der Waals surface area (Å²) >= 11 is 6.56. The molecule has 0 spiro atoms. The molecule has 21 heavy (non-hydrogen) atoms. The molecule has 0 aromatic heterocycles. The van der Waals surface area contributed by atoms with Gasteiger partial charge in [-0.25, -0.2) is 0 Å². The minimum Gasteiger partial charge on any atom is -0.326 e. The van der Waals surface area contributed by atoms with Gasteiger partial charge in [-0.15, -0.1) is 0 Å². The highest BCUT2D eigenvalue weighted by Gasteiger charge is 2.27. The van der Waals surface area contributed by atoms with E-state index in [-0.39, 0.29) is 11.9 Å². The fourth-order valence-electron chi connectivity index (χ4n) is 3.70. The molecule has 0 saturated heterocycles. The lowest BCUT2D eigenvalue weighted by Gasteiger charge is -2.30. The summed E-state index contributed by atoms with van der Waals surface area (Å²) in [5, 5.41) is 3.68. The molecule has 1 heterocycles. The van der Waals surface area contributed by atoms with Gasteiger partial charge in [0.2, 0.25) is 5.91 Å². The lowest BCUT2D eigenvalue weighted by molar-refractivity contribution is -0.116. The van der Waals surface area contributed by atoms with E-state index in [1.54, 1.807) is 0 Å². The van der Waals surface area contributed by atoms with Crippen molar-refractivity contribution < 1.29 is 4.79 Å². The number of carbonyl (C=O) groups excluding carboxylic acids is 1. The molecule has 1 aromatic carbocycles. The quantitative estimate of drug-likeness (QED) is 0.863. The van der Waals surface area contributed by atoms with Gasteiger partial charge in [-0.1, -0.05) is 36.9 Å². The first kappa shape index (κ1) is 14.9. The number of anilines is 1. The second-order valence-corrected chi connectivity index (χ2v) is 6.79. The molecule has 4 heteroatoms. The van der Waals surface area contributed by atoms with E-state index in [1.807, 2.05) is 6.92 Å². The van der Waals surface area contributed by atoms with E-state index in [1.165, 1.54) is 37.7 Å². The van der Waals surface area contributed by atoms with Gasteiger partial charge in [0.05, 0.1) is 5.02 Å². The van der Waals surface area contributed by atoms with Crippen LogP contribution < -0.4 is 11.1 Å². The highest BCUT2D eigenvalue weighted by Crippen LogP contribution is 2.40. The Morgan fingerprint density at radius 1 is 1.29 bits per heavy atom. The van der Waals surface area contributed by atoms with Gasteiger partial charge in [-0.05, 0) is 48.8 Å². The topological polar surface area (TPSA) is 55.1 Å². The lowest BCUT2D eigenvalue weighted by atomic mass is 9.80.